The van der Waals surface area contributed by atoms with Gasteiger partial charge in [0.25, 0.3) is 0 Å². The molecule has 0 aliphatic carbocycles. The molecule has 0 amide bonds. The first-order chi connectivity index (χ1) is 31.7. The molecule has 0 aliphatic heterocycles. The van der Waals surface area contributed by atoms with Crippen molar-refractivity contribution in [1.29, 1.82) is 0 Å². The molecule has 9 aromatic carbocycles. The standard InChI is InChI=1S/C58H34N4OS/c1-3-13-35(14-4-1)55-34-48-57(64-55)56(36-15-5-2-6-16-36)60-58(59-48)62-50-27-24-39(30-45(50)46-29-37-17-7-8-18-38(37)31-52(46)62)40-23-26-43-42-19-9-11-21-49(42)61(51(43)32-40)41-25-28-54-47(33-41)44-20-10-12-22-53(44)63-54/h1-34H. The predicted molar refractivity (Wildman–Crippen MR) is 267 cm³/mol. The Hall–Kier alpha value is -8.32. The van der Waals surface area contributed by atoms with Crippen molar-refractivity contribution in [3.05, 3.63) is 206 Å². The summed E-state index contributed by atoms with van der Waals surface area (Å²) in [5.41, 5.74) is 13.7. The molecular formula is C58H34N4OS. The van der Waals surface area contributed by atoms with Crippen LogP contribution < -0.4 is 0 Å². The minimum atomic E-state index is 0.653. The first-order valence-electron chi connectivity index (χ1n) is 21.6. The van der Waals surface area contributed by atoms with Gasteiger partial charge in [-0.25, -0.2) is 9.97 Å². The van der Waals surface area contributed by atoms with Crippen molar-refractivity contribution >= 4 is 97.9 Å². The van der Waals surface area contributed by atoms with E-state index >= 15 is 0 Å². The Kier molecular flexibility index (Phi) is 7.49. The molecule has 0 spiro atoms. The number of hydrogen-bond acceptors (Lipinski definition) is 4. The van der Waals surface area contributed by atoms with Crippen molar-refractivity contribution in [2.75, 3.05) is 0 Å². The van der Waals surface area contributed by atoms with Crippen LogP contribution in [0.3, 0.4) is 0 Å². The van der Waals surface area contributed by atoms with Crippen LogP contribution in [0, 0.1) is 0 Å². The normalized spacial score (nSPS) is 12.1. The number of thiophene rings is 1. The summed E-state index contributed by atoms with van der Waals surface area (Å²) in [7, 11) is 0. The molecule has 64 heavy (non-hydrogen) atoms. The zero-order chi connectivity index (χ0) is 41.9. The summed E-state index contributed by atoms with van der Waals surface area (Å²) in [6.07, 6.45) is 0. The van der Waals surface area contributed by atoms with Gasteiger partial charge in [0.2, 0.25) is 5.95 Å². The van der Waals surface area contributed by atoms with E-state index in [1.165, 1.54) is 37.5 Å². The molecule has 0 atom stereocenters. The molecular weight excluding hydrogens is 801 g/mol. The van der Waals surface area contributed by atoms with Crippen LogP contribution in [-0.4, -0.2) is 19.1 Å². The minimum Gasteiger partial charge on any atom is -0.456 e. The van der Waals surface area contributed by atoms with Crippen LogP contribution in [-0.2, 0) is 0 Å². The largest absolute Gasteiger partial charge is 0.456 e. The lowest BCUT2D eigenvalue weighted by atomic mass is 10.0. The fourth-order valence-electron chi connectivity index (χ4n) is 9.94. The Bertz CT molecular complexity index is 4190. The maximum Gasteiger partial charge on any atom is 0.235 e. The van der Waals surface area contributed by atoms with Crippen LogP contribution in [0.4, 0.5) is 0 Å². The van der Waals surface area contributed by atoms with Gasteiger partial charge in [0, 0.05) is 48.4 Å². The van der Waals surface area contributed by atoms with Gasteiger partial charge in [-0.05, 0) is 94.2 Å². The zero-order valence-electron chi connectivity index (χ0n) is 34.2. The highest BCUT2D eigenvalue weighted by Crippen LogP contribution is 2.42. The highest BCUT2D eigenvalue weighted by Gasteiger charge is 2.21. The summed E-state index contributed by atoms with van der Waals surface area (Å²) in [5.74, 6) is 0.653. The molecule has 0 fully saturated rings. The third kappa shape index (κ3) is 5.30. The third-order valence-electron chi connectivity index (χ3n) is 12.9. The fourth-order valence-corrected chi connectivity index (χ4v) is 11.0. The Morgan fingerprint density at radius 3 is 1.88 bits per heavy atom. The Balaban J connectivity index is 0.991. The zero-order valence-corrected chi connectivity index (χ0v) is 35.1. The number of rotatable bonds is 5. The van der Waals surface area contributed by atoms with Crippen molar-refractivity contribution in [2.24, 2.45) is 0 Å². The lowest BCUT2D eigenvalue weighted by Gasteiger charge is -2.11. The van der Waals surface area contributed by atoms with E-state index in [4.69, 9.17) is 14.4 Å². The van der Waals surface area contributed by atoms with Gasteiger partial charge >= 0.3 is 0 Å². The second-order valence-electron chi connectivity index (χ2n) is 16.6. The quantitative estimate of drug-likeness (QED) is 0.174. The van der Waals surface area contributed by atoms with Crippen molar-refractivity contribution in [2.45, 2.75) is 0 Å². The van der Waals surface area contributed by atoms with Gasteiger partial charge in [-0.2, -0.15) is 0 Å². The molecule has 0 unspecified atom stereocenters. The lowest BCUT2D eigenvalue weighted by Crippen LogP contribution is -2.02. The number of fused-ring (bicyclic) bond motifs is 11. The number of para-hydroxylation sites is 2. The van der Waals surface area contributed by atoms with Gasteiger partial charge in [-0.3, -0.25) is 4.57 Å². The SMILES string of the molecule is c1ccc(-c2cc3nc(-n4c5ccc(-c6ccc7c8ccccc8n(-c8ccc9oc%10ccccc%10c9c8)c7c6)cc5c5cc6ccccc6cc54)nc(-c4ccccc4)c3s2)cc1. The van der Waals surface area contributed by atoms with Gasteiger partial charge in [-0.15, -0.1) is 11.3 Å². The molecule has 6 heteroatoms. The Morgan fingerprint density at radius 2 is 1.02 bits per heavy atom. The number of benzene rings is 9. The smallest absolute Gasteiger partial charge is 0.235 e. The molecule has 0 saturated carbocycles. The van der Waals surface area contributed by atoms with E-state index in [2.05, 4.69) is 203 Å². The molecule has 5 aromatic heterocycles. The second-order valence-corrected chi connectivity index (χ2v) is 17.6. The average molecular weight is 835 g/mol. The first kappa shape index (κ1) is 35.3. The summed E-state index contributed by atoms with van der Waals surface area (Å²) in [5, 5.41) is 9.34. The van der Waals surface area contributed by atoms with Crippen molar-refractivity contribution in [3.63, 3.8) is 0 Å². The molecule has 5 nitrogen and oxygen atoms in total. The molecule has 0 N–H and O–H groups in total. The van der Waals surface area contributed by atoms with E-state index in [9.17, 15) is 0 Å². The lowest BCUT2D eigenvalue weighted by molar-refractivity contribution is 0.669. The van der Waals surface area contributed by atoms with E-state index in [-0.39, 0.29) is 0 Å². The molecule has 298 valence electrons. The average Bonchev–Trinajstić information content (AvgIpc) is 4.12. The van der Waals surface area contributed by atoms with Crippen molar-refractivity contribution in [1.82, 2.24) is 19.1 Å². The summed E-state index contributed by atoms with van der Waals surface area (Å²) in [4.78, 5) is 12.0. The van der Waals surface area contributed by atoms with Crippen molar-refractivity contribution < 1.29 is 4.42 Å². The maximum absolute atomic E-state index is 6.24. The van der Waals surface area contributed by atoms with Crippen molar-refractivity contribution in [3.8, 4) is 44.5 Å². The molecule has 0 aliphatic rings. The van der Waals surface area contributed by atoms with Gasteiger partial charge < -0.3 is 8.98 Å². The van der Waals surface area contributed by atoms with E-state index in [0.29, 0.717) is 5.95 Å². The van der Waals surface area contributed by atoms with Crippen LogP contribution in [0.25, 0.3) is 131 Å². The number of hydrogen-bond donors (Lipinski definition) is 0. The summed E-state index contributed by atoms with van der Waals surface area (Å²) < 4.78 is 12.0. The van der Waals surface area contributed by atoms with Gasteiger partial charge in [0.15, 0.2) is 0 Å². The van der Waals surface area contributed by atoms with Crippen LogP contribution >= 0.6 is 11.3 Å². The predicted octanol–water partition coefficient (Wildman–Crippen LogP) is 15.9. The monoisotopic (exact) mass is 834 g/mol. The number of furan rings is 1. The summed E-state index contributed by atoms with van der Waals surface area (Å²) >= 11 is 1.75. The van der Waals surface area contributed by atoms with Crippen LogP contribution in [0.1, 0.15) is 0 Å². The summed E-state index contributed by atoms with van der Waals surface area (Å²) in [6, 6.07) is 73.9. The highest BCUT2D eigenvalue weighted by atomic mass is 32.1. The van der Waals surface area contributed by atoms with E-state index < -0.39 is 0 Å². The van der Waals surface area contributed by atoms with Crippen LogP contribution in [0.2, 0.25) is 0 Å². The third-order valence-corrected chi connectivity index (χ3v) is 14.1. The molecule has 0 bridgehead atoms. The van der Waals surface area contributed by atoms with E-state index in [1.807, 2.05) is 12.1 Å². The van der Waals surface area contributed by atoms with Crippen LogP contribution in [0.15, 0.2) is 211 Å². The van der Waals surface area contributed by atoms with Gasteiger partial charge in [0.1, 0.15) is 11.2 Å². The topological polar surface area (TPSA) is 48.8 Å². The Labute approximate surface area is 370 Å². The fraction of sp³-hybridized carbons (Fsp3) is 0. The number of aromatic nitrogens is 4. The molecule has 14 rings (SSSR count). The first-order valence-corrected chi connectivity index (χ1v) is 22.4. The Morgan fingerprint density at radius 1 is 0.375 bits per heavy atom. The van der Waals surface area contributed by atoms with E-state index in [1.54, 1.807) is 11.3 Å². The highest BCUT2D eigenvalue weighted by molar-refractivity contribution is 7.22. The number of nitrogens with zero attached hydrogens (tertiary/aromatic N) is 4. The van der Waals surface area contributed by atoms with Gasteiger partial charge in [0.05, 0.1) is 38.0 Å². The molecule has 0 saturated heterocycles. The maximum atomic E-state index is 6.24. The van der Waals surface area contributed by atoms with E-state index in [0.717, 1.165) is 87.5 Å². The van der Waals surface area contributed by atoms with Crippen LogP contribution in [0.5, 0.6) is 0 Å². The summed E-state index contributed by atoms with van der Waals surface area (Å²) in [6.45, 7) is 0. The molecule has 14 aromatic rings. The minimum absolute atomic E-state index is 0.653. The molecule has 0 radical (unpaired) electrons. The molecule has 5 heterocycles. The van der Waals surface area contributed by atoms with Gasteiger partial charge in [-0.1, -0.05) is 140 Å². The second kappa shape index (κ2) is 13.6.